The van der Waals surface area contributed by atoms with Gasteiger partial charge >= 0.3 is 0 Å². The summed E-state index contributed by atoms with van der Waals surface area (Å²) < 4.78 is 13.3. The number of benzene rings is 1. The molecule has 168 valence electrons. The number of aliphatic hydroxyl groups is 2. The molecule has 0 bridgehead atoms. The minimum Gasteiger partial charge on any atom is -0.388 e. The normalized spacial score (nSPS) is 28.1. The molecule has 2 aliphatic rings. The Bertz CT molecular complexity index is 1080. The Morgan fingerprint density at radius 1 is 1.12 bits per heavy atom. The van der Waals surface area contributed by atoms with E-state index < -0.39 is 24.5 Å². The minimum absolute atomic E-state index is 0.0102. The molecule has 3 N–H and O–H groups in total. The Balaban J connectivity index is 1.36. The van der Waals surface area contributed by atoms with Gasteiger partial charge in [0.1, 0.15) is 18.5 Å². The van der Waals surface area contributed by atoms with Crippen molar-refractivity contribution in [1.82, 2.24) is 19.5 Å². The highest BCUT2D eigenvalue weighted by Gasteiger charge is 2.45. The highest BCUT2D eigenvalue weighted by molar-refractivity contribution is 6.06. The van der Waals surface area contributed by atoms with E-state index in [1.54, 1.807) is 28.8 Å². The number of hydrogen-bond acceptors (Lipinski definition) is 8. The number of aliphatic hydroxyl groups excluding tert-OH is 2. The monoisotopic (exact) mass is 439 g/mol. The van der Waals surface area contributed by atoms with Crippen molar-refractivity contribution in [3.8, 4) is 0 Å². The molecule has 10 heteroatoms. The number of fused-ring (bicyclic) bond motifs is 1. The fraction of sp³-hybridized carbons (Fsp3) is 0.455. The van der Waals surface area contributed by atoms with Crippen LogP contribution in [0.4, 0.5) is 5.82 Å². The van der Waals surface area contributed by atoms with Crippen molar-refractivity contribution in [2.75, 3.05) is 11.9 Å². The third-order valence-corrected chi connectivity index (χ3v) is 6.01. The van der Waals surface area contributed by atoms with E-state index in [2.05, 4.69) is 20.3 Å². The Labute approximate surface area is 184 Å². The van der Waals surface area contributed by atoms with Crippen molar-refractivity contribution in [2.45, 2.75) is 56.3 Å². The van der Waals surface area contributed by atoms with Crippen molar-refractivity contribution in [1.29, 1.82) is 0 Å². The number of aromatic nitrogens is 4. The van der Waals surface area contributed by atoms with Crippen LogP contribution in [0.25, 0.3) is 11.2 Å². The Morgan fingerprint density at radius 2 is 1.97 bits per heavy atom. The van der Waals surface area contributed by atoms with Gasteiger partial charge in [-0.1, -0.05) is 18.2 Å². The second-order valence-corrected chi connectivity index (χ2v) is 8.14. The van der Waals surface area contributed by atoms with Crippen LogP contribution in [-0.4, -0.2) is 66.7 Å². The quantitative estimate of drug-likeness (QED) is 0.547. The molecule has 2 aliphatic heterocycles. The van der Waals surface area contributed by atoms with E-state index in [4.69, 9.17) is 9.47 Å². The van der Waals surface area contributed by atoms with Crippen LogP contribution in [0, 0.1) is 0 Å². The third kappa shape index (κ3) is 3.97. The van der Waals surface area contributed by atoms with Gasteiger partial charge in [0.25, 0.3) is 5.91 Å². The summed E-state index contributed by atoms with van der Waals surface area (Å²) in [5.74, 6) is -0.0666. The smallest absolute Gasteiger partial charge is 0.256 e. The van der Waals surface area contributed by atoms with Crippen LogP contribution in [-0.2, 0) is 9.47 Å². The Morgan fingerprint density at radius 3 is 2.75 bits per heavy atom. The first-order valence-electron chi connectivity index (χ1n) is 10.8. The number of hydrogen-bond donors (Lipinski definition) is 3. The van der Waals surface area contributed by atoms with E-state index in [9.17, 15) is 15.0 Å². The molecule has 0 spiro atoms. The fourth-order valence-corrected chi connectivity index (χ4v) is 4.31. The van der Waals surface area contributed by atoms with Crippen molar-refractivity contribution in [2.24, 2.45) is 0 Å². The van der Waals surface area contributed by atoms with Crippen LogP contribution < -0.4 is 5.32 Å². The van der Waals surface area contributed by atoms with Crippen molar-refractivity contribution in [3.63, 3.8) is 0 Å². The molecule has 5 atom stereocenters. The minimum atomic E-state index is -1.15. The summed E-state index contributed by atoms with van der Waals surface area (Å²) in [6, 6.07) is 8.78. The fourth-order valence-electron chi connectivity index (χ4n) is 4.31. The molecule has 2 aromatic heterocycles. The van der Waals surface area contributed by atoms with Gasteiger partial charge in [0.05, 0.1) is 18.5 Å². The first kappa shape index (κ1) is 21.0. The summed E-state index contributed by atoms with van der Waals surface area (Å²) in [6.07, 6.45) is 2.71. The zero-order chi connectivity index (χ0) is 22.1. The van der Waals surface area contributed by atoms with Crippen LogP contribution in [0.5, 0.6) is 0 Å². The summed E-state index contributed by atoms with van der Waals surface area (Å²) >= 11 is 0. The number of ether oxygens (including phenoxy) is 2. The molecule has 0 saturated carbocycles. The maximum Gasteiger partial charge on any atom is 0.256 e. The summed E-state index contributed by atoms with van der Waals surface area (Å²) in [6.45, 7) is 0.708. The summed E-state index contributed by atoms with van der Waals surface area (Å²) in [5, 5.41) is 24.0. The van der Waals surface area contributed by atoms with Gasteiger partial charge in [-0.25, -0.2) is 15.0 Å². The number of imidazole rings is 1. The zero-order valence-corrected chi connectivity index (χ0v) is 17.4. The number of rotatable bonds is 5. The van der Waals surface area contributed by atoms with Gasteiger partial charge in [-0.05, 0) is 31.4 Å². The van der Waals surface area contributed by atoms with E-state index in [0.29, 0.717) is 29.8 Å². The van der Waals surface area contributed by atoms with Gasteiger partial charge in [0.2, 0.25) is 0 Å². The van der Waals surface area contributed by atoms with Crippen molar-refractivity contribution >= 4 is 22.9 Å². The highest BCUT2D eigenvalue weighted by Crippen LogP contribution is 2.35. The number of carbonyl (C=O) groups is 1. The maximum absolute atomic E-state index is 12.5. The SMILES string of the molecule is O=C(Nc1ncnc2c1ncn2[C@@H]1O[C@H](CC2CCCCO2)[C@@H](O)[C@H]1O)c1ccccc1. The first-order valence-corrected chi connectivity index (χ1v) is 10.8. The lowest BCUT2D eigenvalue weighted by molar-refractivity contribution is -0.0688. The number of carbonyl (C=O) groups excluding carboxylic acids is 1. The van der Waals surface area contributed by atoms with E-state index in [1.807, 2.05) is 6.07 Å². The van der Waals surface area contributed by atoms with Gasteiger partial charge < -0.3 is 25.0 Å². The van der Waals surface area contributed by atoms with Crippen LogP contribution >= 0.6 is 0 Å². The van der Waals surface area contributed by atoms with Crippen LogP contribution in [0.15, 0.2) is 43.0 Å². The van der Waals surface area contributed by atoms with Crippen LogP contribution in [0.3, 0.4) is 0 Å². The molecule has 1 aromatic carbocycles. The summed E-state index contributed by atoms with van der Waals surface area (Å²) in [5.41, 5.74) is 1.24. The van der Waals surface area contributed by atoms with Crippen LogP contribution in [0.1, 0.15) is 42.3 Å². The summed E-state index contributed by atoms with van der Waals surface area (Å²) in [7, 11) is 0. The number of anilines is 1. The highest BCUT2D eigenvalue weighted by atomic mass is 16.6. The third-order valence-electron chi connectivity index (χ3n) is 6.01. The standard InChI is InChI=1S/C22H25N5O5/c28-17-15(10-14-8-4-5-9-31-14)32-22(18(17)29)27-12-25-16-19(23-11-24-20(16)27)26-21(30)13-6-2-1-3-7-13/h1-3,6-7,11-12,14-15,17-18,22,28-29H,4-5,8-10H2,(H,23,24,26,30)/t14?,15-,17-,18-,22-/m1/s1. The van der Waals surface area contributed by atoms with Crippen molar-refractivity contribution in [3.05, 3.63) is 48.5 Å². The molecule has 0 radical (unpaired) electrons. The number of nitrogens with zero attached hydrogens (tertiary/aromatic N) is 4. The molecule has 1 unspecified atom stereocenters. The molecular formula is C22H25N5O5. The van der Waals surface area contributed by atoms with E-state index >= 15 is 0 Å². The Kier molecular flexibility index (Phi) is 5.83. The molecule has 10 nitrogen and oxygen atoms in total. The summed E-state index contributed by atoms with van der Waals surface area (Å²) in [4.78, 5) is 25.3. The molecule has 3 aromatic rings. The maximum atomic E-state index is 12.5. The van der Waals surface area contributed by atoms with Crippen molar-refractivity contribution < 1.29 is 24.5 Å². The van der Waals surface area contributed by atoms with Gasteiger partial charge in [0, 0.05) is 18.6 Å². The molecule has 32 heavy (non-hydrogen) atoms. The van der Waals surface area contributed by atoms with Gasteiger partial charge in [-0.15, -0.1) is 0 Å². The second-order valence-electron chi connectivity index (χ2n) is 8.14. The Hall–Kier alpha value is -2.92. The lowest BCUT2D eigenvalue weighted by atomic mass is 9.99. The molecule has 4 heterocycles. The molecule has 2 saturated heterocycles. The van der Waals surface area contributed by atoms with Gasteiger partial charge in [0.15, 0.2) is 23.2 Å². The number of nitrogens with one attached hydrogen (secondary N) is 1. The van der Waals surface area contributed by atoms with Gasteiger partial charge in [-0.2, -0.15) is 0 Å². The molecule has 5 rings (SSSR count). The average Bonchev–Trinajstić information content (AvgIpc) is 3.37. The predicted molar refractivity (Wildman–Crippen MR) is 114 cm³/mol. The average molecular weight is 439 g/mol. The van der Waals surface area contributed by atoms with E-state index in [1.165, 1.54) is 12.7 Å². The molecule has 0 aliphatic carbocycles. The van der Waals surface area contributed by atoms with E-state index in [0.717, 1.165) is 19.3 Å². The lowest BCUT2D eigenvalue weighted by Gasteiger charge is -2.26. The van der Waals surface area contributed by atoms with E-state index in [-0.39, 0.29) is 17.8 Å². The largest absolute Gasteiger partial charge is 0.388 e. The molecule has 1 amide bonds. The lowest BCUT2D eigenvalue weighted by Crippen LogP contribution is -2.34. The second kappa shape index (κ2) is 8.91. The van der Waals surface area contributed by atoms with Crippen LogP contribution in [0.2, 0.25) is 0 Å². The predicted octanol–water partition coefficient (Wildman–Crippen LogP) is 1.66. The first-order chi connectivity index (χ1) is 15.6. The molecule has 2 fully saturated rings. The molecular weight excluding hydrogens is 414 g/mol. The van der Waals surface area contributed by atoms with Gasteiger partial charge in [-0.3, -0.25) is 9.36 Å². The number of amides is 1. The zero-order valence-electron chi connectivity index (χ0n) is 17.4. The topological polar surface area (TPSA) is 132 Å².